The van der Waals surface area contributed by atoms with Crippen LogP contribution in [-0.4, -0.2) is 24.0 Å². The first-order valence-corrected chi connectivity index (χ1v) is 8.21. The molecule has 1 aliphatic heterocycles. The molecular formula is C20H19FN2O3. The van der Waals surface area contributed by atoms with Crippen molar-refractivity contribution in [2.45, 2.75) is 19.9 Å². The fourth-order valence-corrected chi connectivity index (χ4v) is 3.03. The van der Waals surface area contributed by atoms with Gasteiger partial charge < -0.3 is 15.3 Å². The lowest BCUT2D eigenvalue weighted by Crippen LogP contribution is -2.32. The van der Waals surface area contributed by atoms with Crippen LogP contribution in [0.2, 0.25) is 0 Å². The number of benzene rings is 2. The molecule has 0 aromatic heterocycles. The van der Waals surface area contributed by atoms with Crippen molar-refractivity contribution in [3.63, 3.8) is 0 Å². The molecule has 0 fully saturated rings. The van der Waals surface area contributed by atoms with Crippen LogP contribution >= 0.6 is 0 Å². The summed E-state index contributed by atoms with van der Waals surface area (Å²) in [6, 6.07) is 11.2. The Balaban J connectivity index is 2.09. The summed E-state index contributed by atoms with van der Waals surface area (Å²) in [6.45, 7) is 1.99. The molecule has 134 valence electrons. The third-order valence-electron chi connectivity index (χ3n) is 4.51. The van der Waals surface area contributed by atoms with Gasteiger partial charge >= 0.3 is 0 Å². The minimum atomic E-state index is -0.505. The summed E-state index contributed by atoms with van der Waals surface area (Å²) in [5.74, 6) is -1.45. The molecule has 3 rings (SSSR count). The Labute approximate surface area is 150 Å². The van der Waals surface area contributed by atoms with E-state index < -0.39 is 5.91 Å². The molecule has 0 aliphatic carbocycles. The van der Waals surface area contributed by atoms with Gasteiger partial charge in [-0.05, 0) is 42.3 Å². The van der Waals surface area contributed by atoms with Crippen LogP contribution < -0.4 is 10.2 Å². The molecule has 2 amide bonds. The van der Waals surface area contributed by atoms with Crippen molar-refractivity contribution < 1.29 is 19.1 Å². The van der Waals surface area contributed by atoms with Crippen molar-refractivity contribution in [2.75, 3.05) is 11.9 Å². The Bertz CT molecular complexity index is 921. The monoisotopic (exact) mass is 354 g/mol. The fourth-order valence-electron chi connectivity index (χ4n) is 3.03. The third-order valence-corrected chi connectivity index (χ3v) is 4.51. The van der Waals surface area contributed by atoms with Crippen LogP contribution in [0.4, 0.5) is 10.1 Å². The molecule has 6 heteroatoms. The maximum atomic E-state index is 13.6. The van der Waals surface area contributed by atoms with Gasteiger partial charge in [-0.3, -0.25) is 9.59 Å². The van der Waals surface area contributed by atoms with Crippen LogP contribution in [0.3, 0.4) is 0 Å². The van der Waals surface area contributed by atoms with E-state index in [1.165, 1.54) is 24.1 Å². The van der Waals surface area contributed by atoms with Crippen molar-refractivity contribution in [1.29, 1.82) is 0 Å². The van der Waals surface area contributed by atoms with Crippen molar-refractivity contribution in [3.8, 4) is 0 Å². The van der Waals surface area contributed by atoms with E-state index in [-0.39, 0.29) is 36.0 Å². The van der Waals surface area contributed by atoms with Crippen molar-refractivity contribution in [2.24, 2.45) is 0 Å². The molecule has 2 N–H and O–H groups in total. The van der Waals surface area contributed by atoms with E-state index >= 15 is 0 Å². The van der Waals surface area contributed by atoms with E-state index in [2.05, 4.69) is 5.32 Å². The third kappa shape index (κ3) is 3.18. The number of nitrogens with zero attached hydrogens (tertiary/aromatic N) is 1. The number of aliphatic hydroxyl groups excluding tert-OH is 1. The number of amides is 2. The molecule has 2 aromatic rings. The Morgan fingerprint density at radius 3 is 2.73 bits per heavy atom. The topological polar surface area (TPSA) is 69.6 Å². The largest absolute Gasteiger partial charge is 0.507 e. The van der Waals surface area contributed by atoms with Gasteiger partial charge in [0.15, 0.2) is 0 Å². The van der Waals surface area contributed by atoms with E-state index in [0.717, 1.165) is 5.56 Å². The average Bonchev–Trinajstić information content (AvgIpc) is 2.74. The lowest BCUT2D eigenvalue weighted by atomic mass is 10.1. The predicted octanol–water partition coefficient (Wildman–Crippen LogP) is 3.09. The highest BCUT2D eigenvalue weighted by molar-refractivity contribution is 6.10. The Morgan fingerprint density at radius 2 is 2.00 bits per heavy atom. The Morgan fingerprint density at radius 1 is 1.27 bits per heavy atom. The number of aliphatic hydroxyl groups is 1. The summed E-state index contributed by atoms with van der Waals surface area (Å²) in [4.78, 5) is 26.4. The summed E-state index contributed by atoms with van der Waals surface area (Å²) in [7, 11) is 1.44. The Hall–Kier alpha value is -3.15. The van der Waals surface area contributed by atoms with Gasteiger partial charge in [0.25, 0.3) is 5.91 Å². The molecule has 0 spiro atoms. The molecular weight excluding hydrogens is 335 g/mol. The minimum Gasteiger partial charge on any atom is -0.507 e. The number of likely N-dealkylation sites (N-methyl/N-ethyl adjacent to an activating group) is 1. The van der Waals surface area contributed by atoms with E-state index in [4.69, 9.17) is 0 Å². The molecule has 0 atom stereocenters. The SMILES string of the molecule is CNC(=O)C1=C(O)c2ccccc2N(Cc2cc(F)ccc2C)C(=O)C1. The second kappa shape index (κ2) is 7.00. The summed E-state index contributed by atoms with van der Waals surface area (Å²) in [5.41, 5.74) is 2.41. The first kappa shape index (κ1) is 17.7. The van der Waals surface area contributed by atoms with Crippen LogP contribution in [-0.2, 0) is 16.1 Å². The number of rotatable bonds is 3. The zero-order chi connectivity index (χ0) is 18.8. The molecule has 0 unspecified atom stereocenters. The number of carbonyl (C=O) groups is 2. The minimum absolute atomic E-state index is 0.0171. The smallest absolute Gasteiger partial charge is 0.251 e. The highest BCUT2D eigenvalue weighted by atomic mass is 19.1. The number of para-hydroxylation sites is 1. The first-order valence-electron chi connectivity index (χ1n) is 8.21. The summed E-state index contributed by atoms with van der Waals surface area (Å²) < 4.78 is 13.6. The maximum Gasteiger partial charge on any atom is 0.251 e. The van der Waals surface area contributed by atoms with Crippen LogP contribution in [0.5, 0.6) is 0 Å². The average molecular weight is 354 g/mol. The Kier molecular flexibility index (Phi) is 4.75. The summed E-state index contributed by atoms with van der Waals surface area (Å²) >= 11 is 0. The van der Waals surface area contributed by atoms with Crippen molar-refractivity contribution in [1.82, 2.24) is 5.32 Å². The zero-order valence-electron chi connectivity index (χ0n) is 14.5. The second-order valence-corrected chi connectivity index (χ2v) is 6.15. The highest BCUT2D eigenvalue weighted by Gasteiger charge is 2.30. The zero-order valence-corrected chi connectivity index (χ0v) is 14.5. The normalized spacial score (nSPS) is 14.1. The number of halogens is 1. The van der Waals surface area contributed by atoms with Gasteiger partial charge in [-0.2, -0.15) is 0 Å². The van der Waals surface area contributed by atoms with Gasteiger partial charge in [0.05, 0.1) is 24.2 Å². The van der Waals surface area contributed by atoms with Gasteiger partial charge in [0.2, 0.25) is 5.91 Å². The summed E-state index contributed by atoms with van der Waals surface area (Å²) in [5, 5.41) is 13.0. The van der Waals surface area contributed by atoms with E-state index in [1.54, 1.807) is 30.3 Å². The number of hydrogen-bond donors (Lipinski definition) is 2. The van der Waals surface area contributed by atoms with Crippen molar-refractivity contribution in [3.05, 3.63) is 70.5 Å². The summed E-state index contributed by atoms with van der Waals surface area (Å²) in [6.07, 6.45) is -0.242. The molecule has 0 saturated carbocycles. The van der Waals surface area contributed by atoms with Gasteiger partial charge in [-0.1, -0.05) is 18.2 Å². The van der Waals surface area contributed by atoms with Crippen LogP contribution in [0, 0.1) is 12.7 Å². The molecule has 5 nitrogen and oxygen atoms in total. The van der Waals surface area contributed by atoms with Gasteiger partial charge in [-0.25, -0.2) is 4.39 Å². The number of nitrogens with one attached hydrogen (secondary N) is 1. The van der Waals surface area contributed by atoms with Crippen LogP contribution in [0.25, 0.3) is 5.76 Å². The fraction of sp³-hybridized carbons (Fsp3) is 0.200. The van der Waals surface area contributed by atoms with Gasteiger partial charge in [0.1, 0.15) is 11.6 Å². The standard InChI is InChI=1S/C20H19FN2O3/c1-12-7-8-14(21)9-13(12)11-23-17-6-4-3-5-15(17)19(25)16(10-18(23)24)20(26)22-2/h3-9,25H,10-11H2,1-2H3,(H,22,26). The lowest BCUT2D eigenvalue weighted by molar-refractivity contribution is -0.121. The molecule has 0 radical (unpaired) electrons. The van der Waals surface area contributed by atoms with E-state index in [0.29, 0.717) is 16.8 Å². The van der Waals surface area contributed by atoms with Gasteiger partial charge in [-0.15, -0.1) is 0 Å². The van der Waals surface area contributed by atoms with E-state index in [1.807, 2.05) is 6.92 Å². The second-order valence-electron chi connectivity index (χ2n) is 6.15. The lowest BCUT2D eigenvalue weighted by Gasteiger charge is -2.24. The molecule has 2 aromatic carbocycles. The number of carbonyl (C=O) groups excluding carboxylic acids is 2. The molecule has 26 heavy (non-hydrogen) atoms. The van der Waals surface area contributed by atoms with Crippen LogP contribution in [0.15, 0.2) is 48.0 Å². The number of hydrogen-bond acceptors (Lipinski definition) is 3. The molecule has 1 aliphatic rings. The quantitative estimate of drug-likeness (QED) is 0.890. The predicted molar refractivity (Wildman–Crippen MR) is 97.0 cm³/mol. The number of fused-ring (bicyclic) bond motifs is 1. The number of anilines is 1. The van der Waals surface area contributed by atoms with Gasteiger partial charge in [0, 0.05) is 12.6 Å². The number of aryl methyl sites for hydroxylation is 1. The van der Waals surface area contributed by atoms with Crippen molar-refractivity contribution >= 4 is 23.3 Å². The highest BCUT2D eigenvalue weighted by Crippen LogP contribution is 2.34. The molecule has 0 bridgehead atoms. The molecule has 0 saturated heterocycles. The first-order chi connectivity index (χ1) is 12.4. The molecule has 1 heterocycles. The van der Waals surface area contributed by atoms with Crippen LogP contribution in [0.1, 0.15) is 23.1 Å². The van der Waals surface area contributed by atoms with E-state index in [9.17, 15) is 19.1 Å². The maximum absolute atomic E-state index is 13.6.